The maximum atomic E-state index is 12.4. The minimum absolute atomic E-state index is 0.225. The summed E-state index contributed by atoms with van der Waals surface area (Å²) in [6.07, 6.45) is 3.35. The van der Waals surface area contributed by atoms with Gasteiger partial charge in [-0.1, -0.05) is 0 Å². The zero-order valence-electron chi connectivity index (χ0n) is 18.2. The summed E-state index contributed by atoms with van der Waals surface area (Å²) in [6, 6.07) is 14.5. The molecule has 0 fully saturated rings. The average molecular weight is 454 g/mol. The Kier molecular flexibility index (Phi) is 6.69. The lowest BCUT2D eigenvalue weighted by atomic mass is 10.1. The molecule has 1 aromatic heterocycles. The van der Waals surface area contributed by atoms with Gasteiger partial charge in [0, 0.05) is 30.4 Å². The third-order valence-corrected chi connectivity index (χ3v) is 6.61. The van der Waals surface area contributed by atoms with E-state index >= 15 is 0 Å². The van der Waals surface area contributed by atoms with Crippen LogP contribution >= 0.6 is 0 Å². The Morgan fingerprint density at radius 3 is 2.69 bits per heavy atom. The summed E-state index contributed by atoms with van der Waals surface area (Å²) in [4.78, 5) is 11.1. The van der Waals surface area contributed by atoms with E-state index in [1.165, 1.54) is 5.56 Å². The molecular formula is C23H27N5O3S. The molecule has 1 aliphatic heterocycles. The van der Waals surface area contributed by atoms with Gasteiger partial charge in [0.05, 0.1) is 17.2 Å². The number of ether oxygens (including phenoxy) is 1. The van der Waals surface area contributed by atoms with Crippen LogP contribution in [0.25, 0.3) is 11.3 Å². The summed E-state index contributed by atoms with van der Waals surface area (Å²) in [7, 11) is 0.384. The number of anilines is 2. The van der Waals surface area contributed by atoms with Gasteiger partial charge in [-0.05, 0) is 81.2 Å². The van der Waals surface area contributed by atoms with Crippen molar-refractivity contribution < 1.29 is 13.2 Å². The van der Waals surface area contributed by atoms with E-state index in [0.29, 0.717) is 24.8 Å². The predicted molar refractivity (Wildman–Crippen MR) is 125 cm³/mol. The monoisotopic (exact) mass is 453 g/mol. The molecule has 3 aromatic rings. The van der Waals surface area contributed by atoms with Crippen LogP contribution in [0.5, 0.6) is 5.75 Å². The minimum Gasteiger partial charge on any atom is -0.493 e. The van der Waals surface area contributed by atoms with Crippen molar-refractivity contribution in [3.05, 3.63) is 60.3 Å². The molecule has 8 nitrogen and oxygen atoms in total. The first-order valence-electron chi connectivity index (χ1n) is 10.5. The van der Waals surface area contributed by atoms with Crippen LogP contribution in [0.4, 0.5) is 11.6 Å². The zero-order valence-corrected chi connectivity index (χ0v) is 19.0. The van der Waals surface area contributed by atoms with Crippen molar-refractivity contribution >= 4 is 21.7 Å². The number of sulfonamides is 1. The van der Waals surface area contributed by atoms with Crippen molar-refractivity contribution in [3.8, 4) is 17.0 Å². The molecule has 0 saturated heterocycles. The van der Waals surface area contributed by atoms with E-state index in [9.17, 15) is 8.42 Å². The van der Waals surface area contributed by atoms with Crippen molar-refractivity contribution in [2.24, 2.45) is 0 Å². The Morgan fingerprint density at radius 2 is 1.91 bits per heavy atom. The Labute approximate surface area is 188 Å². The lowest BCUT2D eigenvalue weighted by Gasteiger charge is -2.11. The SMILES string of the molecule is CN(C)CCCNS(=O)(=O)c1ccc(Nc2nccc(-c3ccc4c(c3)CCO4)n2)cc1. The van der Waals surface area contributed by atoms with Gasteiger partial charge in [0.25, 0.3) is 0 Å². The lowest BCUT2D eigenvalue weighted by Crippen LogP contribution is -2.27. The van der Waals surface area contributed by atoms with Crippen molar-refractivity contribution in [2.75, 3.05) is 39.1 Å². The molecule has 2 N–H and O–H groups in total. The van der Waals surface area contributed by atoms with E-state index in [4.69, 9.17) is 4.74 Å². The molecule has 2 aromatic carbocycles. The molecule has 1 aliphatic rings. The first-order valence-corrected chi connectivity index (χ1v) is 12.0. The largest absolute Gasteiger partial charge is 0.493 e. The summed E-state index contributed by atoms with van der Waals surface area (Å²) in [5.74, 6) is 1.38. The van der Waals surface area contributed by atoms with Crippen LogP contribution in [0.1, 0.15) is 12.0 Å². The van der Waals surface area contributed by atoms with Crippen LogP contribution in [0, 0.1) is 0 Å². The Balaban J connectivity index is 1.42. The molecule has 0 aliphatic carbocycles. The topological polar surface area (TPSA) is 96.5 Å². The quantitative estimate of drug-likeness (QED) is 0.481. The standard InChI is InChI=1S/C23H27N5O3S/c1-28(2)14-3-12-25-32(29,30)20-7-5-19(6-8-20)26-23-24-13-10-21(27-23)17-4-9-22-18(16-17)11-15-31-22/h4-10,13,16,25H,3,11-12,14-15H2,1-2H3,(H,24,26,27). The molecule has 0 bridgehead atoms. The highest BCUT2D eigenvalue weighted by Gasteiger charge is 2.15. The molecule has 0 amide bonds. The fourth-order valence-corrected chi connectivity index (χ4v) is 4.53. The Hall–Kier alpha value is -3.01. The van der Waals surface area contributed by atoms with Crippen LogP contribution in [-0.4, -0.2) is 57.1 Å². The van der Waals surface area contributed by atoms with Gasteiger partial charge >= 0.3 is 0 Å². The van der Waals surface area contributed by atoms with Gasteiger partial charge < -0.3 is 15.0 Å². The third-order valence-electron chi connectivity index (χ3n) is 5.14. The summed E-state index contributed by atoms with van der Waals surface area (Å²) in [6.45, 7) is 1.94. The molecule has 32 heavy (non-hydrogen) atoms. The van der Waals surface area contributed by atoms with Gasteiger partial charge in [-0.2, -0.15) is 0 Å². The second-order valence-corrected chi connectivity index (χ2v) is 9.66. The van der Waals surface area contributed by atoms with Crippen molar-refractivity contribution in [1.29, 1.82) is 0 Å². The summed E-state index contributed by atoms with van der Waals surface area (Å²) in [5.41, 5.74) is 3.69. The van der Waals surface area contributed by atoms with E-state index in [1.807, 2.05) is 37.2 Å². The lowest BCUT2D eigenvalue weighted by molar-refractivity contribution is 0.357. The third kappa shape index (κ3) is 5.42. The number of fused-ring (bicyclic) bond motifs is 1. The highest BCUT2D eigenvalue weighted by Crippen LogP contribution is 2.30. The molecule has 168 valence electrons. The van der Waals surface area contributed by atoms with Crippen LogP contribution in [-0.2, 0) is 16.4 Å². The molecule has 0 radical (unpaired) electrons. The Morgan fingerprint density at radius 1 is 1.09 bits per heavy atom. The summed E-state index contributed by atoms with van der Waals surface area (Å²) < 4.78 is 33.1. The number of hydrogen-bond acceptors (Lipinski definition) is 7. The maximum Gasteiger partial charge on any atom is 0.240 e. The molecule has 2 heterocycles. The minimum atomic E-state index is -3.53. The molecular weight excluding hydrogens is 426 g/mol. The highest BCUT2D eigenvalue weighted by atomic mass is 32.2. The second-order valence-electron chi connectivity index (χ2n) is 7.89. The van der Waals surface area contributed by atoms with Gasteiger partial charge in [0.2, 0.25) is 16.0 Å². The number of benzene rings is 2. The van der Waals surface area contributed by atoms with Crippen LogP contribution < -0.4 is 14.8 Å². The molecule has 4 rings (SSSR count). The summed E-state index contributed by atoms with van der Waals surface area (Å²) >= 11 is 0. The average Bonchev–Trinajstić information content (AvgIpc) is 3.25. The fourth-order valence-electron chi connectivity index (χ4n) is 3.46. The number of rotatable bonds is 9. The first kappa shape index (κ1) is 22.2. The number of nitrogens with one attached hydrogen (secondary N) is 2. The predicted octanol–water partition coefficient (Wildman–Crippen LogP) is 3.05. The van der Waals surface area contributed by atoms with Crippen LogP contribution in [0.3, 0.4) is 0 Å². The van der Waals surface area contributed by atoms with Crippen LogP contribution in [0.15, 0.2) is 59.6 Å². The van der Waals surface area contributed by atoms with E-state index in [1.54, 1.807) is 30.5 Å². The molecule has 0 spiro atoms. The maximum absolute atomic E-state index is 12.4. The molecule has 0 saturated carbocycles. The van der Waals surface area contributed by atoms with Crippen LogP contribution in [0.2, 0.25) is 0 Å². The zero-order chi connectivity index (χ0) is 22.6. The van der Waals surface area contributed by atoms with Gasteiger partial charge in [-0.25, -0.2) is 23.1 Å². The number of hydrogen-bond donors (Lipinski definition) is 2. The molecule has 0 unspecified atom stereocenters. The molecule has 9 heteroatoms. The van der Waals surface area contributed by atoms with Gasteiger partial charge in [0.1, 0.15) is 5.75 Å². The summed E-state index contributed by atoms with van der Waals surface area (Å²) in [5, 5.41) is 3.14. The van der Waals surface area contributed by atoms with E-state index in [-0.39, 0.29) is 4.90 Å². The van der Waals surface area contributed by atoms with Crippen molar-refractivity contribution in [2.45, 2.75) is 17.7 Å². The van der Waals surface area contributed by atoms with E-state index < -0.39 is 10.0 Å². The van der Waals surface area contributed by atoms with E-state index in [0.717, 1.165) is 36.4 Å². The van der Waals surface area contributed by atoms with Crippen molar-refractivity contribution in [3.63, 3.8) is 0 Å². The smallest absolute Gasteiger partial charge is 0.240 e. The fraction of sp³-hybridized carbons (Fsp3) is 0.304. The number of nitrogens with zero attached hydrogens (tertiary/aromatic N) is 3. The number of aromatic nitrogens is 2. The Bertz CT molecular complexity index is 1180. The normalized spacial score (nSPS) is 13.1. The van der Waals surface area contributed by atoms with Crippen molar-refractivity contribution in [1.82, 2.24) is 19.6 Å². The van der Waals surface area contributed by atoms with Gasteiger partial charge in [-0.3, -0.25) is 0 Å². The van der Waals surface area contributed by atoms with E-state index in [2.05, 4.69) is 26.1 Å². The second kappa shape index (κ2) is 9.64. The molecule has 0 atom stereocenters. The highest BCUT2D eigenvalue weighted by molar-refractivity contribution is 7.89. The van der Waals surface area contributed by atoms with Gasteiger partial charge in [0.15, 0.2) is 0 Å². The first-order chi connectivity index (χ1) is 15.4. The van der Waals surface area contributed by atoms with Gasteiger partial charge in [-0.15, -0.1) is 0 Å².